The van der Waals surface area contributed by atoms with Crippen molar-refractivity contribution in [1.82, 2.24) is 0 Å². The minimum absolute atomic E-state index is 0.753. The SMILES string of the molecule is CCCCc1cc2c(ccc3c(CCCC)c(CCCCCc4ccc5c(ccc6c7c(c(CCC)cc65)CCC(CCC(C)CCCC(C)CCCC(C)CCCC(C)CCCC(C)CC)C7)c4)ccc32)c2c1C1CCC(CC(C)CCCC)CC1C(CC(C)CCCC)C2. The average molecular weight is 1300 g/mol. The van der Waals surface area contributed by atoms with Gasteiger partial charge in [-0.1, -0.05) is 311 Å². The molecule has 0 N–H and O–H groups in total. The fourth-order valence-corrected chi connectivity index (χ4v) is 20.2. The van der Waals surface area contributed by atoms with E-state index < -0.39 is 0 Å². The number of rotatable bonds is 44. The smallest absolute Gasteiger partial charge is 0.00996 e. The lowest BCUT2D eigenvalue weighted by molar-refractivity contribution is 0.119. The van der Waals surface area contributed by atoms with E-state index in [0.717, 1.165) is 71.0 Å². The molecule has 0 saturated heterocycles. The fraction of sp³-hybridized carbons (Fsp3) is 0.708. The van der Waals surface area contributed by atoms with Crippen LogP contribution in [0.4, 0.5) is 0 Å². The van der Waals surface area contributed by atoms with Gasteiger partial charge in [0.05, 0.1) is 0 Å². The van der Waals surface area contributed by atoms with E-state index in [1.165, 1.54) is 298 Å². The van der Waals surface area contributed by atoms with Gasteiger partial charge in [-0.3, -0.25) is 0 Å². The maximum Gasteiger partial charge on any atom is -0.00996 e. The van der Waals surface area contributed by atoms with Crippen LogP contribution in [0.2, 0.25) is 0 Å². The van der Waals surface area contributed by atoms with E-state index in [1.54, 1.807) is 65.9 Å². The van der Waals surface area contributed by atoms with Crippen LogP contribution >= 0.6 is 0 Å². The Hall–Kier alpha value is -3.64. The van der Waals surface area contributed by atoms with Gasteiger partial charge in [-0.2, -0.15) is 0 Å². The van der Waals surface area contributed by atoms with Gasteiger partial charge in [0.1, 0.15) is 0 Å². The molecular formula is C96H148. The summed E-state index contributed by atoms with van der Waals surface area (Å²) in [5.41, 5.74) is 15.3. The van der Waals surface area contributed by atoms with Gasteiger partial charge in [0.15, 0.2) is 0 Å². The largest absolute Gasteiger partial charge is 0.0654 e. The van der Waals surface area contributed by atoms with Crippen LogP contribution in [0.15, 0.2) is 66.7 Å². The quantitative estimate of drug-likeness (QED) is 0.0264. The lowest BCUT2D eigenvalue weighted by atomic mass is 9.57. The highest BCUT2D eigenvalue weighted by molar-refractivity contribution is 6.11. The van der Waals surface area contributed by atoms with Crippen LogP contribution < -0.4 is 0 Å². The van der Waals surface area contributed by atoms with Crippen molar-refractivity contribution in [2.75, 3.05) is 0 Å². The molecule has 96 heavy (non-hydrogen) atoms. The van der Waals surface area contributed by atoms with Crippen molar-refractivity contribution < 1.29 is 0 Å². The van der Waals surface area contributed by atoms with Crippen LogP contribution in [0, 0.1) is 65.1 Å². The average Bonchev–Trinajstić information content (AvgIpc) is 0.731. The minimum atomic E-state index is 0.753. The summed E-state index contributed by atoms with van der Waals surface area (Å²) in [6, 6.07) is 28.5. The Morgan fingerprint density at radius 1 is 0.354 bits per heavy atom. The van der Waals surface area contributed by atoms with Crippen molar-refractivity contribution >= 4 is 43.1 Å². The van der Waals surface area contributed by atoms with Gasteiger partial charge < -0.3 is 0 Å². The Bertz CT molecular complexity index is 3250. The summed E-state index contributed by atoms with van der Waals surface area (Å²) in [4.78, 5) is 0. The Kier molecular flexibility index (Phi) is 31.5. The fourth-order valence-electron chi connectivity index (χ4n) is 20.2. The van der Waals surface area contributed by atoms with Gasteiger partial charge in [-0.05, 0) is 286 Å². The van der Waals surface area contributed by atoms with Gasteiger partial charge in [0.2, 0.25) is 0 Å². The molecule has 3 aliphatic rings. The first-order valence-corrected chi connectivity index (χ1v) is 42.7. The second-order valence-corrected chi connectivity index (χ2v) is 34.8. The molecule has 12 unspecified atom stereocenters. The van der Waals surface area contributed by atoms with Crippen LogP contribution in [0.1, 0.15) is 371 Å². The Labute approximate surface area is 593 Å². The summed E-state index contributed by atoms with van der Waals surface area (Å²) in [7, 11) is 0. The predicted octanol–water partition coefficient (Wildman–Crippen LogP) is 30.2. The third-order valence-electron chi connectivity index (χ3n) is 26.4. The lowest BCUT2D eigenvalue weighted by Crippen LogP contribution is -2.37. The Morgan fingerprint density at radius 2 is 0.906 bits per heavy atom. The van der Waals surface area contributed by atoms with Gasteiger partial charge in [-0.25, -0.2) is 0 Å². The molecule has 0 heteroatoms. The number of hydrogen-bond donors (Lipinski definition) is 0. The van der Waals surface area contributed by atoms with E-state index in [9.17, 15) is 0 Å². The molecule has 0 aliphatic heterocycles. The molecule has 0 bridgehead atoms. The Balaban J connectivity index is 0.799. The summed E-state index contributed by atoms with van der Waals surface area (Å²) in [6.07, 6.45) is 58.3. The van der Waals surface area contributed by atoms with Gasteiger partial charge in [0.25, 0.3) is 0 Å². The highest BCUT2D eigenvalue weighted by Gasteiger charge is 2.43. The van der Waals surface area contributed by atoms with E-state index in [-0.39, 0.29) is 0 Å². The molecule has 1 fully saturated rings. The standard InChI is InChI=1S/C96H148/c1-14-20-32-73(12)60-77-50-55-90-91(64-77)82(61-74(13)33-21-15-2)67-95-89-59-58-86-83(45-23-17-4)78(51-56-87(86)94(89)66-81(96(90)95)43-22-16-3)44-26-24-25-42-75-48-53-85-80(62-75)52-57-88-92-63-76(49-54-84(92)79(31-18-5)65-93(85)88)47-46-72(11)41-30-40-71(10)39-29-38-70(9)37-28-36-69(8)35-27-34-68(7)19-6/h48,51-53,56-59,62,65-66,68-74,76-77,82,90-91H,14-47,49-50,54-55,60-61,63-64,67H2,1-13H3. The topological polar surface area (TPSA) is 0 Å². The molecule has 6 aromatic carbocycles. The molecule has 0 spiro atoms. The maximum atomic E-state index is 2.78. The second-order valence-electron chi connectivity index (χ2n) is 34.8. The third kappa shape index (κ3) is 21.2. The molecule has 3 aliphatic carbocycles. The molecule has 0 heterocycles. The summed E-state index contributed by atoms with van der Waals surface area (Å²) >= 11 is 0. The molecule has 532 valence electrons. The normalized spacial score (nSPS) is 20.3. The van der Waals surface area contributed by atoms with E-state index in [2.05, 4.69) is 157 Å². The van der Waals surface area contributed by atoms with E-state index in [4.69, 9.17) is 0 Å². The van der Waals surface area contributed by atoms with Crippen LogP contribution in [0.3, 0.4) is 0 Å². The number of benzene rings is 6. The van der Waals surface area contributed by atoms with Crippen LogP contribution in [-0.4, -0.2) is 0 Å². The number of fused-ring (bicyclic) bond motifs is 12. The van der Waals surface area contributed by atoms with Crippen molar-refractivity contribution in [3.8, 4) is 0 Å². The monoisotopic (exact) mass is 1300 g/mol. The zero-order chi connectivity index (χ0) is 67.9. The van der Waals surface area contributed by atoms with Crippen molar-refractivity contribution in [1.29, 1.82) is 0 Å². The Morgan fingerprint density at radius 3 is 1.57 bits per heavy atom. The van der Waals surface area contributed by atoms with Crippen LogP contribution in [-0.2, 0) is 51.4 Å². The van der Waals surface area contributed by atoms with E-state index >= 15 is 0 Å². The summed E-state index contributed by atoms with van der Waals surface area (Å²) < 4.78 is 0. The minimum Gasteiger partial charge on any atom is -0.0654 e. The molecule has 9 rings (SSSR count). The lowest BCUT2D eigenvalue weighted by Gasteiger charge is -2.47. The van der Waals surface area contributed by atoms with Crippen LogP contribution in [0.5, 0.6) is 0 Å². The summed E-state index contributed by atoms with van der Waals surface area (Å²) in [6.45, 7) is 32.1. The van der Waals surface area contributed by atoms with Crippen LogP contribution in [0.25, 0.3) is 43.1 Å². The maximum absolute atomic E-state index is 2.78. The zero-order valence-corrected chi connectivity index (χ0v) is 65.2. The van der Waals surface area contributed by atoms with Crippen molar-refractivity contribution in [3.05, 3.63) is 117 Å². The predicted molar refractivity (Wildman–Crippen MR) is 429 cm³/mol. The van der Waals surface area contributed by atoms with Crippen molar-refractivity contribution in [2.45, 2.75) is 372 Å². The molecular weight excluding hydrogens is 1150 g/mol. The molecule has 12 atom stereocenters. The molecule has 0 nitrogen and oxygen atoms in total. The van der Waals surface area contributed by atoms with Gasteiger partial charge in [0, 0.05) is 0 Å². The molecule has 0 amide bonds. The third-order valence-corrected chi connectivity index (χ3v) is 26.4. The van der Waals surface area contributed by atoms with E-state index in [0.29, 0.717) is 0 Å². The number of hydrogen-bond acceptors (Lipinski definition) is 0. The van der Waals surface area contributed by atoms with Gasteiger partial charge in [-0.15, -0.1) is 0 Å². The molecule has 0 radical (unpaired) electrons. The first-order chi connectivity index (χ1) is 46.7. The summed E-state index contributed by atoms with van der Waals surface area (Å²) in [5, 5.41) is 12.3. The van der Waals surface area contributed by atoms with Crippen molar-refractivity contribution in [2.24, 2.45) is 65.1 Å². The summed E-state index contributed by atoms with van der Waals surface area (Å²) in [5.74, 6) is 10.3. The first kappa shape index (κ1) is 76.5. The molecule has 6 aromatic rings. The van der Waals surface area contributed by atoms with Crippen molar-refractivity contribution in [3.63, 3.8) is 0 Å². The second kappa shape index (κ2) is 39.5. The van der Waals surface area contributed by atoms with E-state index in [1.807, 2.05) is 5.56 Å². The number of aryl methyl sites for hydroxylation is 5. The highest BCUT2D eigenvalue weighted by Crippen LogP contribution is 2.55. The van der Waals surface area contributed by atoms with Gasteiger partial charge >= 0.3 is 0 Å². The highest BCUT2D eigenvalue weighted by atomic mass is 14.5. The first-order valence-electron chi connectivity index (χ1n) is 42.7. The zero-order valence-electron chi connectivity index (χ0n) is 65.2. The molecule has 1 saturated carbocycles. The number of unbranched alkanes of at least 4 members (excludes halogenated alkanes) is 6. The molecule has 0 aromatic heterocycles.